The molecule has 2 aromatic rings. The molecule has 0 amide bonds. The Balaban J connectivity index is 2.31. The molecule has 0 heterocycles. The van der Waals surface area contributed by atoms with Gasteiger partial charge in [-0.2, -0.15) is 5.26 Å². The molecule has 1 nitrogen and oxygen atoms in total. The summed E-state index contributed by atoms with van der Waals surface area (Å²) in [4.78, 5) is 0. The summed E-state index contributed by atoms with van der Waals surface area (Å²) in [5.74, 6) is -0.0718. The van der Waals surface area contributed by atoms with Crippen LogP contribution < -0.4 is 0 Å². The minimum atomic E-state index is -1.31. The zero-order valence-electron chi connectivity index (χ0n) is 11.2. The highest BCUT2D eigenvalue weighted by Gasteiger charge is 2.21. The maximum atomic E-state index is 14.1. The topological polar surface area (TPSA) is 23.8 Å². The Hall–Kier alpha value is -2.40. The van der Waals surface area contributed by atoms with Gasteiger partial charge >= 0.3 is 0 Å². The van der Waals surface area contributed by atoms with Crippen LogP contribution >= 0.6 is 0 Å². The number of benzene rings is 2. The van der Waals surface area contributed by atoms with Crippen LogP contribution in [0.15, 0.2) is 72.8 Å². The number of alkyl halides is 1. The highest BCUT2D eigenvalue weighted by molar-refractivity contribution is 5.34. The van der Waals surface area contributed by atoms with E-state index in [0.717, 1.165) is 11.1 Å². The Kier molecular flexibility index (Phi) is 4.68. The highest BCUT2D eigenvalue weighted by atomic mass is 19.1. The standard InChI is InChI=1S/C18H16FN/c1-14(13-20)18(19)12-17(15-8-4-2-5-9-15)16-10-6-3-7-11-16/h2-11,17-18H,1,12H2/t18-/m0/s1. The molecule has 0 radical (unpaired) electrons. The molecule has 0 bridgehead atoms. The zero-order chi connectivity index (χ0) is 14.4. The molecule has 2 aromatic carbocycles. The summed E-state index contributed by atoms with van der Waals surface area (Å²) in [7, 11) is 0. The molecular formula is C18H16FN. The first-order valence-corrected chi connectivity index (χ1v) is 6.55. The van der Waals surface area contributed by atoms with Gasteiger partial charge in [-0.05, 0) is 17.5 Å². The van der Waals surface area contributed by atoms with E-state index in [-0.39, 0.29) is 17.9 Å². The molecule has 0 aliphatic heterocycles. The second-order valence-electron chi connectivity index (χ2n) is 4.71. The van der Waals surface area contributed by atoms with E-state index in [0.29, 0.717) is 0 Å². The van der Waals surface area contributed by atoms with Crippen LogP contribution in [0.3, 0.4) is 0 Å². The second-order valence-corrected chi connectivity index (χ2v) is 4.71. The van der Waals surface area contributed by atoms with Gasteiger partial charge in [0.05, 0.1) is 11.6 Å². The summed E-state index contributed by atoms with van der Waals surface area (Å²) in [5, 5.41) is 8.77. The fourth-order valence-corrected chi connectivity index (χ4v) is 2.25. The lowest BCUT2D eigenvalue weighted by Gasteiger charge is -2.19. The summed E-state index contributed by atoms with van der Waals surface area (Å²) in [6.45, 7) is 3.48. The predicted molar refractivity (Wildman–Crippen MR) is 79.0 cm³/mol. The van der Waals surface area contributed by atoms with E-state index in [4.69, 9.17) is 5.26 Å². The van der Waals surface area contributed by atoms with Crippen molar-refractivity contribution in [3.8, 4) is 6.07 Å². The van der Waals surface area contributed by atoms with Crippen molar-refractivity contribution in [2.45, 2.75) is 18.5 Å². The summed E-state index contributed by atoms with van der Waals surface area (Å²) < 4.78 is 14.1. The van der Waals surface area contributed by atoms with Crippen LogP contribution in [-0.2, 0) is 0 Å². The maximum Gasteiger partial charge on any atom is 0.135 e. The number of hydrogen-bond donors (Lipinski definition) is 0. The Labute approximate surface area is 119 Å². The fourth-order valence-electron chi connectivity index (χ4n) is 2.25. The van der Waals surface area contributed by atoms with Crippen molar-refractivity contribution in [2.75, 3.05) is 0 Å². The minimum Gasteiger partial charge on any atom is -0.241 e. The molecule has 0 N–H and O–H groups in total. The SMILES string of the molecule is C=C(C#N)[C@@H](F)CC(c1ccccc1)c1ccccc1. The first-order chi connectivity index (χ1) is 9.72. The van der Waals surface area contributed by atoms with E-state index in [9.17, 15) is 4.39 Å². The maximum absolute atomic E-state index is 14.1. The van der Waals surface area contributed by atoms with Crippen LogP contribution in [0.5, 0.6) is 0 Å². The van der Waals surface area contributed by atoms with Gasteiger partial charge in [-0.1, -0.05) is 67.2 Å². The lowest BCUT2D eigenvalue weighted by Crippen LogP contribution is -2.11. The first-order valence-electron chi connectivity index (χ1n) is 6.55. The lowest BCUT2D eigenvalue weighted by atomic mass is 9.86. The summed E-state index contributed by atoms with van der Waals surface area (Å²) in [6.07, 6.45) is -1.08. The number of rotatable bonds is 5. The van der Waals surface area contributed by atoms with Crippen molar-refractivity contribution in [3.05, 3.63) is 83.9 Å². The van der Waals surface area contributed by atoms with Gasteiger partial charge in [0.15, 0.2) is 0 Å². The third kappa shape index (κ3) is 3.33. The number of nitrogens with zero attached hydrogens (tertiary/aromatic N) is 1. The average molecular weight is 265 g/mol. The van der Waals surface area contributed by atoms with E-state index in [1.54, 1.807) is 6.07 Å². The number of nitriles is 1. The summed E-state index contributed by atoms with van der Waals surface area (Å²) in [6, 6.07) is 21.4. The molecule has 0 spiro atoms. The van der Waals surface area contributed by atoms with Crippen molar-refractivity contribution in [1.82, 2.24) is 0 Å². The molecule has 2 rings (SSSR count). The van der Waals surface area contributed by atoms with E-state index >= 15 is 0 Å². The van der Waals surface area contributed by atoms with Gasteiger partial charge in [-0.15, -0.1) is 0 Å². The van der Waals surface area contributed by atoms with Crippen LogP contribution in [0.1, 0.15) is 23.5 Å². The lowest BCUT2D eigenvalue weighted by molar-refractivity contribution is 0.355. The monoisotopic (exact) mass is 265 g/mol. The number of halogens is 1. The van der Waals surface area contributed by atoms with Crippen molar-refractivity contribution >= 4 is 0 Å². The third-order valence-corrected chi connectivity index (χ3v) is 3.37. The van der Waals surface area contributed by atoms with Gasteiger partial charge in [0, 0.05) is 5.92 Å². The van der Waals surface area contributed by atoms with Crippen molar-refractivity contribution in [3.63, 3.8) is 0 Å². The average Bonchev–Trinajstić information content (AvgIpc) is 2.53. The first kappa shape index (κ1) is 14.0. The largest absolute Gasteiger partial charge is 0.241 e. The normalized spacial score (nSPS) is 11.8. The van der Waals surface area contributed by atoms with Crippen LogP contribution in [0, 0.1) is 11.3 Å². The van der Waals surface area contributed by atoms with Crippen molar-refractivity contribution in [1.29, 1.82) is 5.26 Å². The van der Waals surface area contributed by atoms with Gasteiger partial charge in [0.1, 0.15) is 6.17 Å². The second kappa shape index (κ2) is 6.68. The van der Waals surface area contributed by atoms with Gasteiger partial charge in [-0.25, -0.2) is 4.39 Å². The molecule has 0 saturated heterocycles. The molecule has 0 unspecified atom stereocenters. The van der Waals surface area contributed by atoms with E-state index in [1.165, 1.54) is 0 Å². The Morgan fingerprint density at radius 3 is 1.85 bits per heavy atom. The molecule has 2 heteroatoms. The smallest absolute Gasteiger partial charge is 0.135 e. The Bertz CT molecular complexity index is 559. The van der Waals surface area contributed by atoms with E-state index < -0.39 is 6.17 Å². The number of allylic oxidation sites excluding steroid dienone is 1. The molecule has 1 atom stereocenters. The Morgan fingerprint density at radius 2 is 1.45 bits per heavy atom. The molecule has 0 aliphatic rings. The molecule has 0 aliphatic carbocycles. The molecule has 0 aromatic heterocycles. The molecule has 0 saturated carbocycles. The van der Waals surface area contributed by atoms with Crippen LogP contribution in [0.25, 0.3) is 0 Å². The predicted octanol–water partition coefficient (Wildman–Crippen LogP) is 4.63. The molecule has 20 heavy (non-hydrogen) atoms. The van der Waals surface area contributed by atoms with Gasteiger partial charge in [0.25, 0.3) is 0 Å². The third-order valence-electron chi connectivity index (χ3n) is 3.37. The zero-order valence-corrected chi connectivity index (χ0v) is 11.2. The molecular weight excluding hydrogens is 249 g/mol. The highest BCUT2D eigenvalue weighted by Crippen LogP contribution is 2.31. The summed E-state index contributed by atoms with van der Waals surface area (Å²) in [5.41, 5.74) is 2.08. The van der Waals surface area contributed by atoms with Gasteiger partial charge in [0.2, 0.25) is 0 Å². The van der Waals surface area contributed by atoms with Crippen LogP contribution in [0.4, 0.5) is 4.39 Å². The van der Waals surface area contributed by atoms with E-state index in [1.807, 2.05) is 60.7 Å². The van der Waals surface area contributed by atoms with Crippen molar-refractivity contribution < 1.29 is 4.39 Å². The van der Waals surface area contributed by atoms with E-state index in [2.05, 4.69) is 6.58 Å². The quantitative estimate of drug-likeness (QED) is 0.723. The molecule has 0 fully saturated rings. The van der Waals surface area contributed by atoms with Crippen LogP contribution in [0.2, 0.25) is 0 Å². The molecule has 100 valence electrons. The minimum absolute atomic E-state index is 0.0122. The van der Waals surface area contributed by atoms with Crippen molar-refractivity contribution in [2.24, 2.45) is 0 Å². The Morgan fingerprint density at radius 1 is 1.00 bits per heavy atom. The van der Waals surface area contributed by atoms with Gasteiger partial charge in [-0.3, -0.25) is 0 Å². The van der Waals surface area contributed by atoms with Crippen LogP contribution in [-0.4, -0.2) is 6.17 Å². The number of hydrogen-bond acceptors (Lipinski definition) is 1. The summed E-state index contributed by atoms with van der Waals surface area (Å²) >= 11 is 0. The van der Waals surface area contributed by atoms with Gasteiger partial charge < -0.3 is 0 Å². The fraction of sp³-hybridized carbons (Fsp3) is 0.167.